The lowest BCUT2D eigenvalue weighted by molar-refractivity contribution is 0.450. The van der Waals surface area contributed by atoms with Crippen LogP contribution in [0.3, 0.4) is 0 Å². The molecule has 0 aromatic carbocycles. The lowest BCUT2D eigenvalue weighted by Crippen LogP contribution is -2.35. The highest BCUT2D eigenvalue weighted by atomic mass is 14.9. The lowest BCUT2D eigenvalue weighted by Gasteiger charge is -2.16. The third kappa shape index (κ3) is 3.23. The summed E-state index contributed by atoms with van der Waals surface area (Å²) >= 11 is 0. The maximum atomic E-state index is 8.71. The number of nitriles is 1. The van der Waals surface area contributed by atoms with E-state index in [1.165, 1.54) is 19.3 Å². The Morgan fingerprint density at radius 3 is 2.67 bits per heavy atom. The van der Waals surface area contributed by atoms with E-state index in [2.05, 4.69) is 18.3 Å². The molecular weight excluding hydrogens is 148 g/mol. The molecule has 2 nitrogen and oxygen atoms in total. The molecule has 0 spiro atoms. The van der Waals surface area contributed by atoms with Crippen molar-refractivity contribution in [2.24, 2.45) is 5.92 Å². The highest BCUT2D eigenvalue weighted by Gasteiger charge is 2.24. The number of nitrogens with one attached hydrogen (secondary N) is 1. The molecule has 0 aliphatic heterocycles. The molecule has 0 bridgehead atoms. The van der Waals surface area contributed by atoms with E-state index in [9.17, 15) is 0 Å². The third-order valence-electron chi connectivity index (χ3n) is 2.43. The molecule has 1 aliphatic rings. The van der Waals surface area contributed by atoms with Crippen molar-refractivity contribution in [3.05, 3.63) is 0 Å². The van der Waals surface area contributed by atoms with Gasteiger partial charge < -0.3 is 0 Å². The van der Waals surface area contributed by atoms with Gasteiger partial charge >= 0.3 is 0 Å². The van der Waals surface area contributed by atoms with E-state index in [0.717, 1.165) is 12.3 Å². The number of nitrogens with zero attached hydrogens (tertiary/aromatic N) is 1. The predicted octanol–water partition coefficient (Wildman–Crippen LogP) is 2.07. The van der Waals surface area contributed by atoms with Gasteiger partial charge in [-0.1, -0.05) is 19.8 Å². The summed E-state index contributed by atoms with van der Waals surface area (Å²) < 4.78 is 0. The monoisotopic (exact) mass is 166 g/mol. The molecular formula is C10H18N2. The van der Waals surface area contributed by atoms with Gasteiger partial charge in [-0.05, 0) is 25.7 Å². The molecule has 68 valence electrons. The van der Waals surface area contributed by atoms with Gasteiger partial charge in [0.25, 0.3) is 0 Å². The topological polar surface area (TPSA) is 35.8 Å². The zero-order valence-corrected chi connectivity index (χ0v) is 8.01. The maximum absolute atomic E-state index is 8.71. The van der Waals surface area contributed by atoms with Gasteiger partial charge in [-0.15, -0.1) is 0 Å². The van der Waals surface area contributed by atoms with Gasteiger partial charge in [-0.2, -0.15) is 5.26 Å². The molecule has 2 unspecified atom stereocenters. The van der Waals surface area contributed by atoms with E-state index in [0.29, 0.717) is 6.04 Å². The van der Waals surface area contributed by atoms with Crippen molar-refractivity contribution in [1.82, 2.24) is 5.32 Å². The molecule has 1 rings (SSSR count). The molecule has 0 aromatic rings. The first-order valence-electron chi connectivity index (χ1n) is 4.92. The second kappa shape index (κ2) is 4.47. The van der Waals surface area contributed by atoms with Crippen LogP contribution in [0.2, 0.25) is 0 Å². The quantitative estimate of drug-likeness (QED) is 0.678. The Kier molecular flexibility index (Phi) is 3.55. The summed E-state index contributed by atoms with van der Waals surface area (Å²) in [6, 6.07) is 2.84. The van der Waals surface area contributed by atoms with Gasteiger partial charge in [0.05, 0.1) is 12.1 Å². The first-order valence-corrected chi connectivity index (χ1v) is 4.92. The van der Waals surface area contributed by atoms with Gasteiger partial charge in [-0.3, -0.25) is 5.32 Å². The summed E-state index contributed by atoms with van der Waals surface area (Å²) in [5.41, 5.74) is 0. The standard InChI is InChI=1S/C10H18N2/c1-3-10(7-11)12-8(2)6-9-4-5-9/h8-10,12H,3-6H2,1-2H3. The van der Waals surface area contributed by atoms with Crippen LogP contribution in [-0.4, -0.2) is 12.1 Å². The zero-order valence-electron chi connectivity index (χ0n) is 8.01. The van der Waals surface area contributed by atoms with Gasteiger partial charge in [-0.25, -0.2) is 0 Å². The molecule has 1 N–H and O–H groups in total. The Morgan fingerprint density at radius 1 is 1.58 bits per heavy atom. The zero-order chi connectivity index (χ0) is 8.97. The summed E-state index contributed by atoms with van der Waals surface area (Å²) in [4.78, 5) is 0. The van der Waals surface area contributed by atoms with Gasteiger partial charge in [0.2, 0.25) is 0 Å². The number of rotatable bonds is 5. The van der Waals surface area contributed by atoms with E-state index in [4.69, 9.17) is 5.26 Å². The minimum atomic E-state index is 0.0544. The van der Waals surface area contributed by atoms with Crippen LogP contribution in [0.1, 0.15) is 39.5 Å². The van der Waals surface area contributed by atoms with Crippen LogP contribution in [-0.2, 0) is 0 Å². The van der Waals surface area contributed by atoms with Crippen molar-refractivity contribution >= 4 is 0 Å². The Hall–Kier alpha value is -0.550. The first kappa shape index (κ1) is 9.54. The Labute approximate surface area is 75.0 Å². The van der Waals surface area contributed by atoms with Crippen LogP contribution in [0.4, 0.5) is 0 Å². The normalized spacial score (nSPS) is 21.4. The summed E-state index contributed by atoms with van der Waals surface area (Å²) in [6.07, 6.45) is 4.95. The van der Waals surface area contributed by atoms with Crippen LogP contribution in [0.5, 0.6) is 0 Å². The van der Waals surface area contributed by atoms with Crippen molar-refractivity contribution in [1.29, 1.82) is 5.26 Å². The molecule has 1 saturated carbocycles. The molecule has 0 saturated heterocycles. The van der Waals surface area contributed by atoms with E-state index in [1.807, 2.05) is 6.92 Å². The summed E-state index contributed by atoms with van der Waals surface area (Å²) in [5.74, 6) is 0.948. The molecule has 1 aliphatic carbocycles. The highest BCUT2D eigenvalue weighted by molar-refractivity contribution is 4.91. The van der Waals surface area contributed by atoms with Crippen molar-refractivity contribution in [2.75, 3.05) is 0 Å². The van der Waals surface area contributed by atoms with Gasteiger partial charge in [0.1, 0.15) is 0 Å². The van der Waals surface area contributed by atoms with Gasteiger partial charge in [0.15, 0.2) is 0 Å². The fourth-order valence-corrected chi connectivity index (χ4v) is 1.51. The van der Waals surface area contributed by atoms with Crippen molar-refractivity contribution in [3.8, 4) is 6.07 Å². The molecule has 1 fully saturated rings. The van der Waals surface area contributed by atoms with E-state index in [-0.39, 0.29) is 6.04 Å². The van der Waals surface area contributed by atoms with Crippen molar-refractivity contribution in [3.63, 3.8) is 0 Å². The minimum Gasteiger partial charge on any atom is -0.299 e. The van der Waals surface area contributed by atoms with Crippen molar-refractivity contribution < 1.29 is 0 Å². The van der Waals surface area contributed by atoms with Crippen LogP contribution in [0.25, 0.3) is 0 Å². The fourth-order valence-electron chi connectivity index (χ4n) is 1.51. The SMILES string of the molecule is CCC(C#N)NC(C)CC1CC1. The third-order valence-corrected chi connectivity index (χ3v) is 2.43. The van der Waals surface area contributed by atoms with Crippen LogP contribution < -0.4 is 5.32 Å². The molecule has 2 heteroatoms. The van der Waals surface area contributed by atoms with E-state index >= 15 is 0 Å². The smallest absolute Gasteiger partial charge is 0.0952 e. The summed E-state index contributed by atoms with van der Waals surface area (Å²) in [6.45, 7) is 4.23. The molecule has 0 aromatic heterocycles. The Morgan fingerprint density at radius 2 is 2.25 bits per heavy atom. The van der Waals surface area contributed by atoms with Crippen molar-refractivity contribution in [2.45, 2.75) is 51.6 Å². The lowest BCUT2D eigenvalue weighted by atomic mass is 10.1. The average Bonchev–Trinajstić information content (AvgIpc) is 2.84. The first-order chi connectivity index (χ1) is 5.76. The van der Waals surface area contributed by atoms with Gasteiger partial charge in [0, 0.05) is 6.04 Å². The van der Waals surface area contributed by atoms with Crippen LogP contribution in [0.15, 0.2) is 0 Å². The Bertz CT molecular complexity index is 167. The van der Waals surface area contributed by atoms with Crippen LogP contribution >= 0.6 is 0 Å². The van der Waals surface area contributed by atoms with E-state index < -0.39 is 0 Å². The number of hydrogen-bond donors (Lipinski definition) is 1. The number of hydrogen-bond acceptors (Lipinski definition) is 2. The second-order valence-corrected chi connectivity index (χ2v) is 3.84. The van der Waals surface area contributed by atoms with E-state index in [1.54, 1.807) is 0 Å². The average molecular weight is 166 g/mol. The molecule has 0 radical (unpaired) electrons. The summed E-state index contributed by atoms with van der Waals surface area (Å²) in [5, 5.41) is 12.0. The largest absolute Gasteiger partial charge is 0.299 e. The molecule has 2 atom stereocenters. The van der Waals surface area contributed by atoms with Crippen LogP contribution in [0, 0.1) is 17.2 Å². The highest BCUT2D eigenvalue weighted by Crippen LogP contribution is 2.33. The molecule has 12 heavy (non-hydrogen) atoms. The summed E-state index contributed by atoms with van der Waals surface area (Å²) in [7, 11) is 0. The maximum Gasteiger partial charge on any atom is 0.0952 e. The fraction of sp³-hybridized carbons (Fsp3) is 0.900. The second-order valence-electron chi connectivity index (χ2n) is 3.84. The predicted molar refractivity (Wildman–Crippen MR) is 49.6 cm³/mol. The minimum absolute atomic E-state index is 0.0544. The molecule has 0 heterocycles. The molecule has 0 amide bonds. The Balaban J connectivity index is 2.14.